The van der Waals surface area contributed by atoms with Crippen LogP contribution in [0.25, 0.3) is 0 Å². The average Bonchev–Trinajstić information content (AvgIpc) is 3.51. The molecular formula is C48H95N2+. The van der Waals surface area contributed by atoms with Crippen LogP contribution >= 0.6 is 0 Å². The topological polar surface area (TPSA) is 8.81 Å². The van der Waals surface area contributed by atoms with Crippen LogP contribution in [0.15, 0.2) is 12.4 Å². The van der Waals surface area contributed by atoms with E-state index in [0.717, 1.165) is 0 Å². The molecule has 296 valence electrons. The largest absolute Gasteiger partial charge is 0.256 e. The molecule has 1 aromatic rings. The zero-order chi connectivity index (χ0) is 35.8. The Labute approximate surface area is 317 Å². The Hall–Kier alpha value is -0.790. The van der Waals surface area contributed by atoms with Crippen LogP contribution in [0.3, 0.4) is 0 Å². The third-order valence-electron chi connectivity index (χ3n) is 11.6. The molecule has 0 atom stereocenters. The highest BCUT2D eigenvalue weighted by atomic mass is 15.1. The first kappa shape index (κ1) is 47.2. The summed E-state index contributed by atoms with van der Waals surface area (Å²) in [5.41, 5.74) is 0. The molecule has 0 radical (unpaired) electrons. The lowest BCUT2D eigenvalue weighted by Gasteiger charge is -2.07. The first-order valence-corrected chi connectivity index (χ1v) is 23.9. The van der Waals surface area contributed by atoms with E-state index in [1.54, 1.807) is 5.82 Å². The van der Waals surface area contributed by atoms with Crippen molar-refractivity contribution >= 4 is 0 Å². The Kier molecular flexibility index (Phi) is 37.2. The summed E-state index contributed by atoms with van der Waals surface area (Å²) >= 11 is 0. The van der Waals surface area contributed by atoms with Crippen molar-refractivity contribution in [3.63, 3.8) is 0 Å². The summed E-state index contributed by atoms with van der Waals surface area (Å²) in [5.74, 6) is 1.63. The summed E-state index contributed by atoms with van der Waals surface area (Å²) in [5, 5.41) is 0. The summed E-state index contributed by atoms with van der Waals surface area (Å²) in [6.45, 7) is 9.42. The molecule has 0 fully saturated rings. The SMILES string of the molecule is CCCCCCCCCCCCCCCCCn1cc[n+](CCCCCCCCCCCCCCC)c1CCCCCCCCCCCCC. The van der Waals surface area contributed by atoms with Gasteiger partial charge in [-0.3, -0.25) is 0 Å². The number of nitrogens with zero attached hydrogens (tertiary/aromatic N) is 2. The lowest BCUT2D eigenvalue weighted by atomic mass is 10.0. The molecule has 0 aliphatic rings. The molecule has 0 aliphatic heterocycles. The molecule has 0 N–H and O–H groups in total. The lowest BCUT2D eigenvalue weighted by molar-refractivity contribution is -0.704. The van der Waals surface area contributed by atoms with Crippen LogP contribution in [0.5, 0.6) is 0 Å². The minimum Gasteiger partial charge on any atom is -0.234 e. The van der Waals surface area contributed by atoms with Crippen molar-refractivity contribution in [3.05, 3.63) is 18.2 Å². The molecule has 0 saturated carbocycles. The summed E-state index contributed by atoms with van der Waals surface area (Å²) in [4.78, 5) is 0. The van der Waals surface area contributed by atoms with E-state index < -0.39 is 0 Å². The van der Waals surface area contributed by atoms with Crippen molar-refractivity contribution in [1.82, 2.24) is 4.57 Å². The maximum Gasteiger partial charge on any atom is 0.256 e. The van der Waals surface area contributed by atoms with Gasteiger partial charge in [0.15, 0.2) is 0 Å². The predicted molar refractivity (Wildman–Crippen MR) is 225 cm³/mol. The molecule has 2 nitrogen and oxygen atoms in total. The number of aromatic nitrogens is 2. The van der Waals surface area contributed by atoms with E-state index in [9.17, 15) is 0 Å². The van der Waals surface area contributed by atoms with E-state index in [2.05, 4.69) is 42.3 Å². The minimum absolute atomic E-state index is 1.23. The van der Waals surface area contributed by atoms with Crippen LogP contribution in [0.2, 0.25) is 0 Å². The van der Waals surface area contributed by atoms with E-state index in [4.69, 9.17) is 0 Å². The van der Waals surface area contributed by atoms with Gasteiger partial charge in [-0.1, -0.05) is 239 Å². The van der Waals surface area contributed by atoms with Crippen LogP contribution in [0.1, 0.15) is 277 Å². The van der Waals surface area contributed by atoms with Crippen molar-refractivity contribution in [1.29, 1.82) is 0 Å². The minimum atomic E-state index is 1.23. The molecule has 2 heteroatoms. The zero-order valence-electron chi connectivity index (χ0n) is 35.2. The Morgan fingerprint density at radius 3 is 0.960 bits per heavy atom. The van der Waals surface area contributed by atoms with Crippen LogP contribution in [0.4, 0.5) is 0 Å². The van der Waals surface area contributed by atoms with Crippen LogP contribution < -0.4 is 4.57 Å². The molecule has 1 rings (SSSR count). The van der Waals surface area contributed by atoms with Crippen LogP contribution in [-0.2, 0) is 19.5 Å². The zero-order valence-corrected chi connectivity index (χ0v) is 35.2. The van der Waals surface area contributed by atoms with Crippen molar-refractivity contribution < 1.29 is 4.57 Å². The maximum atomic E-state index is 2.65. The second kappa shape index (κ2) is 39.4. The molecule has 1 heterocycles. The Balaban J connectivity index is 2.26. The fourth-order valence-corrected chi connectivity index (χ4v) is 8.09. The van der Waals surface area contributed by atoms with E-state index in [0.29, 0.717) is 0 Å². The molecule has 0 saturated heterocycles. The van der Waals surface area contributed by atoms with E-state index in [-0.39, 0.29) is 0 Å². The van der Waals surface area contributed by atoms with Gasteiger partial charge in [0.25, 0.3) is 5.82 Å². The summed E-state index contributed by atoms with van der Waals surface area (Å²) in [7, 11) is 0. The Morgan fingerprint density at radius 2 is 0.620 bits per heavy atom. The van der Waals surface area contributed by atoms with Crippen molar-refractivity contribution in [2.75, 3.05) is 0 Å². The van der Waals surface area contributed by atoms with Crippen molar-refractivity contribution in [2.45, 2.75) is 291 Å². The monoisotopic (exact) mass is 700 g/mol. The normalized spacial score (nSPS) is 11.7. The van der Waals surface area contributed by atoms with Gasteiger partial charge in [-0.15, -0.1) is 0 Å². The van der Waals surface area contributed by atoms with Gasteiger partial charge in [-0.2, -0.15) is 0 Å². The van der Waals surface area contributed by atoms with Gasteiger partial charge >= 0.3 is 0 Å². The predicted octanol–water partition coefficient (Wildman–Crippen LogP) is 16.6. The number of hydrogen-bond acceptors (Lipinski definition) is 0. The molecule has 0 unspecified atom stereocenters. The molecule has 1 aromatic heterocycles. The van der Waals surface area contributed by atoms with Crippen molar-refractivity contribution in [2.24, 2.45) is 0 Å². The first-order valence-electron chi connectivity index (χ1n) is 23.9. The fraction of sp³-hybridized carbons (Fsp3) is 0.938. The summed E-state index contributed by atoms with van der Waals surface area (Å²) in [6.07, 6.45) is 62.3. The molecule has 0 spiro atoms. The van der Waals surface area contributed by atoms with E-state index >= 15 is 0 Å². The maximum absolute atomic E-state index is 2.65. The lowest BCUT2D eigenvalue weighted by Crippen LogP contribution is -2.37. The van der Waals surface area contributed by atoms with Gasteiger partial charge in [-0.05, 0) is 32.1 Å². The van der Waals surface area contributed by atoms with E-state index in [1.807, 2.05) is 0 Å². The molecular weight excluding hydrogens is 605 g/mol. The number of imidazole rings is 1. The van der Waals surface area contributed by atoms with Crippen LogP contribution in [-0.4, -0.2) is 4.57 Å². The number of aryl methyl sites for hydroxylation is 2. The summed E-state index contributed by atoms with van der Waals surface area (Å²) < 4.78 is 5.31. The molecule has 0 aliphatic carbocycles. The highest BCUT2D eigenvalue weighted by Crippen LogP contribution is 2.16. The quantitative estimate of drug-likeness (QED) is 0.0474. The van der Waals surface area contributed by atoms with Gasteiger partial charge in [0.2, 0.25) is 0 Å². The summed E-state index contributed by atoms with van der Waals surface area (Å²) in [6, 6.07) is 0. The molecule has 50 heavy (non-hydrogen) atoms. The van der Waals surface area contributed by atoms with Gasteiger partial charge < -0.3 is 0 Å². The number of hydrogen-bond donors (Lipinski definition) is 0. The van der Waals surface area contributed by atoms with E-state index in [1.165, 1.54) is 270 Å². The third-order valence-corrected chi connectivity index (χ3v) is 11.6. The van der Waals surface area contributed by atoms with Gasteiger partial charge in [0.05, 0.1) is 13.1 Å². The Morgan fingerprint density at radius 1 is 0.340 bits per heavy atom. The first-order chi connectivity index (χ1) is 24.8. The second-order valence-corrected chi connectivity index (χ2v) is 16.6. The fourth-order valence-electron chi connectivity index (χ4n) is 8.09. The highest BCUT2D eigenvalue weighted by Gasteiger charge is 2.16. The standard InChI is InChI=1S/C48H95N2/c1-4-7-10-13-16-19-22-24-25-27-30-33-36-39-42-45-50-47-46-49(44-41-38-35-32-29-26-23-20-17-14-11-8-5-2)48(50)43-40-37-34-31-28-21-18-15-12-9-6-3/h46-47H,4-45H2,1-3H3/q+1. The second-order valence-electron chi connectivity index (χ2n) is 16.6. The van der Waals surface area contributed by atoms with Crippen LogP contribution in [0, 0.1) is 0 Å². The number of unbranched alkanes of at least 4 members (excludes halogenated alkanes) is 36. The number of rotatable bonds is 42. The van der Waals surface area contributed by atoms with Gasteiger partial charge in [-0.25, -0.2) is 9.13 Å². The third kappa shape index (κ3) is 30.8. The molecule has 0 amide bonds. The van der Waals surface area contributed by atoms with Crippen molar-refractivity contribution in [3.8, 4) is 0 Å². The molecule has 0 aromatic carbocycles. The highest BCUT2D eigenvalue weighted by molar-refractivity contribution is 4.84. The Bertz CT molecular complexity index is 766. The van der Waals surface area contributed by atoms with Gasteiger partial charge in [0, 0.05) is 6.42 Å². The smallest absolute Gasteiger partial charge is 0.234 e. The molecule has 0 bridgehead atoms. The average molecular weight is 700 g/mol. The van der Waals surface area contributed by atoms with Gasteiger partial charge in [0.1, 0.15) is 12.4 Å².